The van der Waals surface area contributed by atoms with Crippen molar-refractivity contribution in [3.05, 3.63) is 76.0 Å². The lowest BCUT2D eigenvalue weighted by molar-refractivity contribution is 0.0844. The summed E-state index contributed by atoms with van der Waals surface area (Å²) in [6, 6.07) is 10.0. The molecule has 0 aliphatic rings. The number of carbonyl (C=O) groups is 2. The Morgan fingerprint density at radius 1 is 1.11 bits per heavy atom. The minimum atomic E-state index is -0.762. The predicted molar refractivity (Wildman–Crippen MR) is 101 cm³/mol. The molecule has 2 aromatic carbocycles. The average Bonchev–Trinajstić information content (AvgIpc) is 3.24. The van der Waals surface area contributed by atoms with E-state index < -0.39 is 17.6 Å². The van der Waals surface area contributed by atoms with E-state index in [0.717, 1.165) is 11.8 Å². The molecular formula is C19H16FN3O4S. The summed E-state index contributed by atoms with van der Waals surface area (Å²) in [5.41, 5.74) is 6.96. The maximum Gasteiger partial charge on any atom is 0.272 e. The first kappa shape index (κ1) is 19.3. The van der Waals surface area contributed by atoms with Crippen molar-refractivity contribution >= 4 is 23.2 Å². The van der Waals surface area contributed by atoms with Gasteiger partial charge in [0.15, 0.2) is 11.5 Å². The quantitative estimate of drug-likeness (QED) is 0.620. The largest absolute Gasteiger partial charge is 0.493 e. The van der Waals surface area contributed by atoms with Gasteiger partial charge in [-0.2, -0.15) is 0 Å². The SMILES string of the molecule is COc1cc(C(=O)NNC(=O)c2ccccc2F)ccc1OCc1cscn1. The molecule has 1 heterocycles. The highest BCUT2D eigenvalue weighted by molar-refractivity contribution is 7.07. The van der Waals surface area contributed by atoms with Crippen LogP contribution in [0.15, 0.2) is 53.4 Å². The van der Waals surface area contributed by atoms with E-state index >= 15 is 0 Å². The smallest absolute Gasteiger partial charge is 0.272 e. The van der Waals surface area contributed by atoms with E-state index in [4.69, 9.17) is 9.47 Å². The van der Waals surface area contributed by atoms with Crippen LogP contribution in [0.1, 0.15) is 26.4 Å². The second-order valence-electron chi connectivity index (χ2n) is 5.52. The molecule has 2 amide bonds. The number of nitrogens with one attached hydrogen (secondary N) is 2. The normalized spacial score (nSPS) is 10.2. The van der Waals surface area contributed by atoms with Crippen LogP contribution in [0.25, 0.3) is 0 Å². The molecule has 0 saturated heterocycles. The summed E-state index contributed by atoms with van der Waals surface area (Å²) >= 11 is 1.46. The van der Waals surface area contributed by atoms with Gasteiger partial charge in [-0.15, -0.1) is 11.3 Å². The van der Waals surface area contributed by atoms with Crippen LogP contribution < -0.4 is 20.3 Å². The first-order valence-electron chi connectivity index (χ1n) is 8.11. The van der Waals surface area contributed by atoms with Crippen LogP contribution in [0, 0.1) is 5.82 Å². The zero-order chi connectivity index (χ0) is 19.9. The number of hydrogen-bond donors (Lipinski definition) is 2. The van der Waals surface area contributed by atoms with Gasteiger partial charge in [-0.3, -0.25) is 20.4 Å². The molecule has 0 fully saturated rings. The second kappa shape index (κ2) is 8.96. The Morgan fingerprint density at radius 3 is 2.61 bits per heavy atom. The van der Waals surface area contributed by atoms with Gasteiger partial charge in [0.25, 0.3) is 11.8 Å². The minimum Gasteiger partial charge on any atom is -0.493 e. The third kappa shape index (κ3) is 4.63. The topological polar surface area (TPSA) is 89.6 Å². The first-order chi connectivity index (χ1) is 13.6. The van der Waals surface area contributed by atoms with E-state index in [0.29, 0.717) is 11.5 Å². The number of hydrazine groups is 1. The Labute approximate surface area is 164 Å². The number of thiazole rings is 1. The average molecular weight is 401 g/mol. The van der Waals surface area contributed by atoms with Gasteiger partial charge in [-0.1, -0.05) is 12.1 Å². The molecule has 9 heteroatoms. The molecule has 0 aliphatic carbocycles. The zero-order valence-electron chi connectivity index (χ0n) is 14.8. The van der Waals surface area contributed by atoms with Crippen LogP contribution in [0.2, 0.25) is 0 Å². The lowest BCUT2D eigenvalue weighted by Gasteiger charge is -2.12. The fraction of sp³-hybridized carbons (Fsp3) is 0.105. The Kier molecular flexibility index (Phi) is 6.18. The highest BCUT2D eigenvalue weighted by Crippen LogP contribution is 2.28. The van der Waals surface area contributed by atoms with Crippen LogP contribution in [0.3, 0.4) is 0 Å². The third-order valence-corrected chi connectivity index (χ3v) is 4.33. The lowest BCUT2D eigenvalue weighted by Crippen LogP contribution is -2.41. The third-order valence-electron chi connectivity index (χ3n) is 3.69. The number of hydrogen-bond acceptors (Lipinski definition) is 6. The van der Waals surface area contributed by atoms with E-state index in [1.54, 1.807) is 11.6 Å². The maximum atomic E-state index is 13.6. The van der Waals surface area contributed by atoms with Gasteiger partial charge in [0.1, 0.15) is 12.4 Å². The number of amides is 2. The van der Waals surface area contributed by atoms with Crippen LogP contribution >= 0.6 is 11.3 Å². The molecule has 0 unspecified atom stereocenters. The Balaban J connectivity index is 1.63. The number of halogens is 1. The Hall–Kier alpha value is -3.46. The van der Waals surface area contributed by atoms with E-state index in [-0.39, 0.29) is 17.7 Å². The van der Waals surface area contributed by atoms with Gasteiger partial charge in [-0.25, -0.2) is 9.37 Å². The van der Waals surface area contributed by atoms with E-state index in [1.807, 2.05) is 5.38 Å². The molecule has 0 atom stereocenters. The molecule has 0 radical (unpaired) electrons. The summed E-state index contributed by atoms with van der Waals surface area (Å²) in [5, 5.41) is 1.87. The van der Waals surface area contributed by atoms with Gasteiger partial charge in [-0.05, 0) is 30.3 Å². The fourth-order valence-electron chi connectivity index (χ4n) is 2.29. The highest BCUT2D eigenvalue weighted by atomic mass is 32.1. The highest BCUT2D eigenvalue weighted by Gasteiger charge is 2.14. The fourth-order valence-corrected chi connectivity index (χ4v) is 2.83. The molecule has 3 rings (SSSR count). The number of ether oxygens (including phenoxy) is 2. The molecule has 0 aliphatic heterocycles. The maximum absolute atomic E-state index is 13.6. The number of carbonyl (C=O) groups excluding carboxylic acids is 2. The first-order valence-corrected chi connectivity index (χ1v) is 9.06. The van der Waals surface area contributed by atoms with Crippen LogP contribution in [0.5, 0.6) is 11.5 Å². The predicted octanol–water partition coefficient (Wildman–Crippen LogP) is 2.94. The number of methoxy groups -OCH3 is 1. The van der Waals surface area contributed by atoms with Crippen molar-refractivity contribution in [2.75, 3.05) is 7.11 Å². The van der Waals surface area contributed by atoms with Crippen molar-refractivity contribution in [2.24, 2.45) is 0 Å². The molecule has 28 heavy (non-hydrogen) atoms. The number of rotatable bonds is 6. The molecule has 7 nitrogen and oxygen atoms in total. The summed E-state index contributed by atoms with van der Waals surface area (Å²) in [6.45, 7) is 0.268. The van der Waals surface area contributed by atoms with Gasteiger partial charge in [0.2, 0.25) is 0 Å². The zero-order valence-corrected chi connectivity index (χ0v) is 15.6. The standard InChI is InChI=1S/C19H16FN3O4S/c1-26-17-8-12(6-7-16(17)27-9-13-10-28-11-21-13)18(24)22-23-19(25)14-4-2-3-5-15(14)20/h2-8,10-11H,9H2,1H3,(H,22,24)(H,23,25). The number of benzene rings is 2. The summed E-state index contributed by atoms with van der Waals surface area (Å²) < 4.78 is 24.5. The second-order valence-corrected chi connectivity index (χ2v) is 6.24. The number of aromatic nitrogens is 1. The van der Waals surface area contributed by atoms with E-state index in [1.165, 1.54) is 48.8 Å². The van der Waals surface area contributed by atoms with Crippen LogP contribution in [0.4, 0.5) is 4.39 Å². The molecule has 2 N–H and O–H groups in total. The van der Waals surface area contributed by atoms with Crippen molar-refractivity contribution in [2.45, 2.75) is 6.61 Å². The molecule has 3 aromatic rings. The van der Waals surface area contributed by atoms with E-state index in [2.05, 4.69) is 15.8 Å². The van der Waals surface area contributed by atoms with E-state index in [9.17, 15) is 14.0 Å². The molecular weight excluding hydrogens is 385 g/mol. The molecule has 0 bridgehead atoms. The Bertz CT molecular complexity index is 979. The molecule has 0 spiro atoms. The summed E-state index contributed by atoms with van der Waals surface area (Å²) in [7, 11) is 1.45. The monoisotopic (exact) mass is 401 g/mol. The molecule has 0 saturated carbocycles. The van der Waals surface area contributed by atoms with Crippen molar-refractivity contribution in [3.8, 4) is 11.5 Å². The Morgan fingerprint density at radius 2 is 1.89 bits per heavy atom. The van der Waals surface area contributed by atoms with Gasteiger partial charge in [0.05, 0.1) is 23.9 Å². The van der Waals surface area contributed by atoms with Gasteiger partial charge >= 0.3 is 0 Å². The van der Waals surface area contributed by atoms with Crippen molar-refractivity contribution in [1.82, 2.24) is 15.8 Å². The summed E-state index contributed by atoms with van der Waals surface area (Å²) in [5.74, 6) is -1.24. The molecule has 1 aromatic heterocycles. The van der Waals surface area contributed by atoms with Gasteiger partial charge in [0, 0.05) is 10.9 Å². The molecule has 144 valence electrons. The number of nitrogens with zero attached hydrogens (tertiary/aromatic N) is 1. The van der Waals surface area contributed by atoms with Gasteiger partial charge < -0.3 is 9.47 Å². The van der Waals surface area contributed by atoms with Crippen molar-refractivity contribution in [1.29, 1.82) is 0 Å². The lowest BCUT2D eigenvalue weighted by atomic mass is 10.2. The van der Waals surface area contributed by atoms with Crippen LogP contribution in [-0.2, 0) is 6.61 Å². The summed E-state index contributed by atoms with van der Waals surface area (Å²) in [4.78, 5) is 28.4. The minimum absolute atomic E-state index is 0.175. The van der Waals surface area contributed by atoms with Crippen molar-refractivity contribution < 1.29 is 23.5 Å². The van der Waals surface area contributed by atoms with Crippen molar-refractivity contribution in [3.63, 3.8) is 0 Å². The summed E-state index contributed by atoms with van der Waals surface area (Å²) in [6.07, 6.45) is 0. The van der Waals surface area contributed by atoms with Crippen LogP contribution in [-0.4, -0.2) is 23.9 Å².